The molecule has 1 atom stereocenters. The molecular weight excluding hydrogens is 466 g/mol. The standard InChI is InChI=1S/C25H31N5O6/c1-25(2)35-16-19(36-25)15-34-23-21-20(28-10-12-29(13-11-28)24(31)32)8-9-26-22(21)30(27-23)14-17-4-6-18(33-3)7-5-17/h4-9,19H,10-16H2,1-3H3,(H,31,32). The van der Waals surface area contributed by atoms with Crippen molar-refractivity contribution < 1.29 is 28.8 Å². The lowest BCUT2D eigenvalue weighted by molar-refractivity contribution is -0.141. The number of ether oxygens (including phenoxy) is 4. The van der Waals surface area contributed by atoms with Crippen LogP contribution in [-0.4, -0.2) is 89.3 Å². The number of fused-ring (bicyclic) bond motifs is 1. The first-order chi connectivity index (χ1) is 17.3. The summed E-state index contributed by atoms with van der Waals surface area (Å²) in [5.41, 5.74) is 2.66. The van der Waals surface area contributed by atoms with Gasteiger partial charge in [-0.3, -0.25) is 0 Å². The fourth-order valence-electron chi connectivity index (χ4n) is 4.58. The Balaban J connectivity index is 1.46. The molecule has 192 valence electrons. The molecule has 2 aliphatic heterocycles. The summed E-state index contributed by atoms with van der Waals surface area (Å²) in [7, 11) is 1.64. The average Bonchev–Trinajstić information content (AvgIpc) is 3.42. The summed E-state index contributed by atoms with van der Waals surface area (Å²) in [6, 6.07) is 9.75. The first-order valence-electron chi connectivity index (χ1n) is 12.0. The van der Waals surface area contributed by atoms with Crippen molar-refractivity contribution in [2.24, 2.45) is 0 Å². The Morgan fingerprint density at radius 2 is 1.92 bits per heavy atom. The van der Waals surface area contributed by atoms with Crippen LogP contribution in [0.3, 0.4) is 0 Å². The molecule has 2 aliphatic rings. The molecular formula is C25H31N5O6. The van der Waals surface area contributed by atoms with Crippen LogP contribution in [-0.2, 0) is 16.0 Å². The van der Waals surface area contributed by atoms with Gasteiger partial charge in [-0.2, -0.15) is 0 Å². The first-order valence-corrected chi connectivity index (χ1v) is 12.0. The van der Waals surface area contributed by atoms with E-state index in [4.69, 9.17) is 24.0 Å². The van der Waals surface area contributed by atoms with Gasteiger partial charge in [0, 0.05) is 32.4 Å². The third kappa shape index (κ3) is 5.02. The van der Waals surface area contributed by atoms with Crippen LogP contribution in [0.2, 0.25) is 0 Å². The summed E-state index contributed by atoms with van der Waals surface area (Å²) in [6.45, 7) is 7.00. The van der Waals surface area contributed by atoms with Crippen LogP contribution in [0.5, 0.6) is 11.6 Å². The number of hydrogen-bond donors (Lipinski definition) is 1. The summed E-state index contributed by atoms with van der Waals surface area (Å²) >= 11 is 0. The number of amides is 1. The maximum Gasteiger partial charge on any atom is 0.407 e. The van der Waals surface area contributed by atoms with Crippen molar-refractivity contribution in [3.05, 3.63) is 42.1 Å². The number of rotatable bonds is 7. The number of pyridine rings is 1. The Morgan fingerprint density at radius 3 is 2.56 bits per heavy atom. The van der Waals surface area contributed by atoms with Crippen molar-refractivity contribution in [2.75, 3.05) is 51.4 Å². The normalized spacial score (nSPS) is 19.6. The van der Waals surface area contributed by atoms with E-state index in [9.17, 15) is 9.90 Å². The molecule has 0 bridgehead atoms. The smallest absolute Gasteiger partial charge is 0.407 e. The summed E-state index contributed by atoms with van der Waals surface area (Å²) in [4.78, 5) is 19.6. The molecule has 3 aromatic rings. The van der Waals surface area contributed by atoms with E-state index in [0.29, 0.717) is 57.5 Å². The number of methoxy groups -OCH3 is 1. The molecule has 36 heavy (non-hydrogen) atoms. The van der Waals surface area contributed by atoms with Crippen molar-refractivity contribution in [1.29, 1.82) is 0 Å². The van der Waals surface area contributed by atoms with Gasteiger partial charge in [0.15, 0.2) is 11.4 Å². The van der Waals surface area contributed by atoms with Gasteiger partial charge in [-0.05, 0) is 37.6 Å². The average molecular weight is 498 g/mol. The summed E-state index contributed by atoms with van der Waals surface area (Å²) in [6.07, 6.45) is 0.654. The van der Waals surface area contributed by atoms with Crippen LogP contribution in [0, 0.1) is 0 Å². The topological polar surface area (TPSA) is 111 Å². The molecule has 0 radical (unpaired) electrons. The van der Waals surface area contributed by atoms with E-state index in [1.165, 1.54) is 4.90 Å². The minimum absolute atomic E-state index is 0.207. The summed E-state index contributed by atoms with van der Waals surface area (Å²) < 4.78 is 24.9. The number of aromatic nitrogens is 3. The molecule has 1 unspecified atom stereocenters. The second-order valence-corrected chi connectivity index (χ2v) is 9.36. The number of carboxylic acid groups (broad SMARTS) is 1. The van der Waals surface area contributed by atoms with Gasteiger partial charge in [0.05, 0.1) is 25.9 Å². The molecule has 1 N–H and O–H groups in total. The van der Waals surface area contributed by atoms with Crippen molar-refractivity contribution in [3.63, 3.8) is 0 Å². The summed E-state index contributed by atoms with van der Waals surface area (Å²) in [5.74, 6) is 0.617. The van der Waals surface area contributed by atoms with Crippen molar-refractivity contribution in [3.8, 4) is 11.6 Å². The predicted octanol–water partition coefficient (Wildman–Crippen LogP) is 2.82. The van der Waals surface area contributed by atoms with Gasteiger partial charge in [-0.1, -0.05) is 12.1 Å². The zero-order chi connectivity index (χ0) is 25.3. The molecule has 11 nitrogen and oxygen atoms in total. The van der Waals surface area contributed by atoms with Crippen LogP contribution in [0.4, 0.5) is 10.5 Å². The highest BCUT2D eigenvalue weighted by Crippen LogP contribution is 2.35. The van der Waals surface area contributed by atoms with Gasteiger partial charge in [0.25, 0.3) is 0 Å². The molecule has 0 saturated carbocycles. The van der Waals surface area contributed by atoms with Crippen LogP contribution in [0.15, 0.2) is 36.5 Å². The number of benzene rings is 1. The maximum absolute atomic E-state index is 11.4. The van der Waals surface area contributed by atoms with Crippen molar-refractivity contribution in [1.82, 2.24) is 19.7 Å². The second kappa shape index (κ2) is 9.82. The van der Waals surface area contributed by atoms with E-state index >= 15 is 0 Å². The highest BCUT2D eigenvalue weighted by molar-refractivity contribution is 5.94. The van der Waals surface area contributed by atoms with E-state index in [0.717, 1.165) is 22.4 Å². The SMILES string of the molecule is COc1ccc(Cn2nc(OCC3COC(C)(C)O3)c3c(N4CCN(C(=O)O)CC4)ccnc32)cc1. The molecule has 2 fully saturated rings. The van der Waals surface area contributed by atoms with Gasteiger partial charge in [-0.25, -0.2) is 14.5 Å². The van der Waals surface area contributed by atoms with E-state index in [-0.39, 0.29) is 6.10 Å². The molecule has 4 heterocycles. The fraction of sp³-hybridized carbons (Fsp3) is 0.480. The minimum atomic E-state index is -0.896. The van der Waals surface area contributed by atoms with E-state index in [1.54, 1.807) is 13.3 Å². The van der Waals surface area contributed by atoms with E-state index in [2.05, 4.69) is 9.88 Å². The number of piperazine rings is 1. The summed E-state index contributed by atoms with van der Waals surface area (Å²) in [5, 5.41) is 14.9. The Morgan fingerprint density at radius 1 is 1.17 bits per heavy atom. The lowest BCUT2D eigenvalue weighted by atomic mass is 10.2. The van der Waals surface area contributed by atoms with Gasteiger partial charge in [0.2, 0.25) is 5.88 Å². The first kappa shape index (κ1) is 24.1. The number of anilines is 1. The highest BCUT2D eigenvalue weighted by atomic mass is 16.7. The van der Waals surface area contributed by atoms with Gasteiger partial charge in [0.1, 0.15) is 23.8 Å². The molecule has 1 aromatic carbocycles. The Kier molecular flexibility index (Phi) is 6.59. The Bertz CT molecular complexity index is 1220. The monoisotopic (exact) mass is 497 g/mol. The van der Waals surface area contributed by atoms with Gasteiger partial charge >= 0.3 is 6.09 Å². The minimum Gasteiger partial charge on any atom is -0.497 e. The largest absolute Gasteiger partial charge is 0.497 e. The molecule has 2 aromatic heterocycles. The van der Waals surface area contributed by atoms with Gasteiger partial charge in [-0.15, -0.1) is 5.10 Å². The Labute approximate surface area is 209 Å². The molecule has 5 rings (SSSR count). The van der Waals surface area contributed by atoms with Crippen LogP contribution >= 0.6 is 0 Å². The number of nitrogens with zero attached hydrogens (tertiary/aromatic N) is 5. The highest BCUT2D eigenvalue weighted by Gasteiger charge is 2.33. The van der Waals surface area contributed by atoms with Crippen LogP contribution in [0.25, 0.3) is 11.0 Å². The fourth-order valence-corrected chi connectivity index (χ4v) is 4.58. The lowest BCUT2D eigenvalue weighted by Crippen LogP contribution is -2.48. The predicted molar refractivity (Wildman–Crippen MR) is 132 cm³/mol. The zero-order valence-corrected chi connectivity index (χ0v) is 20.7. The van der Waals surface area contributed by atoms with Gasteiger partial charge < -0.3 is 33.9 Å². The second-order valence-electron chi connectivity index (χ2n) is 9.36. The number of carbonyl (C=O) groups is 1. The molecule has 0 spiro atoms. The van der Waals surface area contributed by atoms with E-state index in [1.807, 2.05) is 48.9 Å². The van der Waals surface area contributed by atoms with E-state index < -0.39 is 11.9 Å². The molecule has 2 saturated heterocycles. The van der Waals surface area contributed by atoms with Crippen LogP contribution in [0.1, 0.15) is 19.4 Å². The van der Waals surface area contributed by atoms with Crippen molar-refractivity contribution in [2.45, 2.75) is 32.3 Å². The van der Waals surface area contributed by atoms with Crippen LogP contribution < -0.4 is 14.4 Å². The number of hydrogen-bond acceptors (Lipinski definition) is 8. The zero-order valence-electron chi connectivity index (χ0n) is 20.7. The van der Waals surface area contributed by atoms with Crippen molar-refractivity contribution >= 4 is 22.8 Å². The maximum atomic E-state index is 11.4. The molecule has 1 amide bonds. The molecule has 11 heteroatoms. The quantitative estimate of drug-likeness (QED) is 0.527. The third-order valence-electron chi connectivity index (χ3n) is 6.43. The lowest BCUT2D eigenvalue weighted by Gasteiger charge is -2.34. The third-order valence-corrected chi connectivity index (χ3v) is 6.43. The molecule has 0 aliphatic carbocycles. The Hall–Kier alpha value is -3.57.